The predicted molar refractivity (Wildman–Crippen MR) is 114 cm³/mol. The minimum Gasteiger partial charge on any atom is -0.362 e. The molecule has 3 heterocycles. The molecule has 7 nitrogen and oxygen atoms in total. The van der Waals surface area contributed by atoms with Gasteiger partial charge in [-0.3, -0.25) is 4.79 Å². The number of thiophene rings is 1. The summed E-state index contributed by atoms with van der Waals surface area (Å²) >= 11 is 1.49. The molecule has 0 fully saturated rings. The molecule has 4 aromatic rings. The number of carbonyl (C=O) groups is 1. The van der Waals surface area contributed by atoms with Gasteiger partial charge < -0.3 is 10.2 Å². The highest BCUT2D eigenvalue weighted by molar-refractivity contribution is 7.13. The summed E-state index contributed by atoms with van der Waals surface area (Å²) in [7, 11) is 3.79. The fourth-order valence-electron chi connectivity index (χ4n) is 2.96. The Morgan fingerprint density at radius 1 is 1.17 bits per heavy atom. The standard InChI is InChI=1S/C21H19FN6OS/c1-27(2)19-14(5-3-11-23-19)13-24-21(29)18-25-20(17-6-4-12-30-17)28(26-18)16-9-7-15(22)8-10-16/h3-12H,13H2,1-2H3,(H,24,29). The molecule has 30 heavy (non-hydrogen) atoms. The maximum absolute atomic E-state index is 13.3. The van der Waals surface area contributed by atoms with Crippen LogP contribution in [0, 0.1) is 5.82 Å². The lowest BCUT2D eigenvalue weighted by atomic mass is 10.2. The van der Waals surface area contributed by atoms with Crippen LogP contribution in [0.1, 0.15) is 16.2 Å². The van der Waals surface area contributed by atoms with Crippen LogP contribution in [0.5, 0.6) is 0 Å². The van der Waals surface area contributed by atoms with E-state index < -0.39 is 5.91 Å². The molecule has 1 N–H and O–H groups in total. The Morgan fingerprint density at radius 3 is 2.67 bits per heavy atom. The van der Waals surface area contributed by atoms with E-state index in [1.165, 1.54) is 23.5 Å². The third kappa shape index (κ3) is 4.06. The maximum Gasteiger partial charge on any atom is 0.291 e. The van der Waals surface area contributed by atoms with Gasteiger partial charge in [-0.15, -0.1) is 16.4 Å². The molecule has 0 aliphatic carbocycles. The van der Waals surface area contributed by atoms with Crippen molar-refractivity contribution in [2.45, 2.75) is 6.54 Å². The van der Waals surface area contributed by atoms with Crippen LogP contribution in [0.25, 0.3) is 16.4 Å². The van der Waals surface area contributed by atoms with E-state index in [1.807, 2.05) is 48.6 Å². The molecule has 0 spiro atoms. The zero-order valence-electron chi connectivity index (χ0n) is 16.4. The fraction of sp³-hybridized carbons (Fsp3) is 0.143. The molecule has 3 aromatic heterocycles. The van der Waals surface area contributed by atoms with E-state index in [4.69, 9.17) is 0 Å². The fourth-order valence-corrected chi connectivity index (χ4v) is 3.66. The van der Waals surface area contributed by atoms with Crippen molar-refractivity contribution in [1.29, 1.82) is 0 Å². The third-order valence-corrected chi connectivity index (χ3v) is 5.22. The van der Waals surface area contributed by atoms with Crippen LogP contribution in [0.2, 0.25) is 0 Å². The number of nitrogens with zero attached hydrogens (tertiary/aromatic N) is 5. The molecule has 0 unspecified atom stereocenters. The topological polar surface area (TPSA) is 75.9 Å². The van der Waals surface area contributed by atoms with Crippen LogP contribution in [-0.4, -0.2) is 39.8 Å². The molecule has 0 bridgehead atoms. The summed E-state index contributed by atoms with van der Waals surface area (Å²) in [5.74, 6) is 0.599. The molecule has 0 atom stereocenters. The number of anilines is 1. The van der Waals surface area contributed by atoms with Crippen LogP contribution in [0.3, 0.4) is 0 Å². The van der Waals surface area contributed by atoms with Gasteiger partial charge in [-0.05, 0) is 41.8 Å². The Bertz CT molecular complexity index is 1150. The molecule has 0 saturated carbocycles. The smallest absolute Gasteiger partial charge is 0.291 e. The number of nitrogens with one attached hydrogen (secondary N) is 1. The number of hydrogen-bond donors (Lipinski definition) is 1. The monoisotopic (exact) mass is 422 g/mol. The van der Waals surface area contributed by atoms with E-state index in [0.29, 0.717) is 18.1 Å². The molecule has 0 radical (unpaired) electrons. The molecule has 1 aromatic carbocycles. The average Bonchev–Trinajstić information content (AvgIpc) is 3.42. The number of carbonyl (C=O) groups excluding carboxylic acids is 1. The van der Waals surface area contributed by atoms with Crippen molar-refractivity contribution in [3.8, 4) is 16.4 Å². The van der Waals surface area contributed by atoms with Gasteiger partial charge in [0.25, 0.3) is 5.91 Å². The van der Waals surface area contributed by atoms with Crippen molar-refractivity contribution in [3.05, 3.63) is 77.3 Å². The molecular formula is C21H19FN6OS. The quantitative estimate of drug-likeness (QED) is 0.515. The Kier molecular flexibility index (Phi) is 5.53. The Labute approximate surface area is 176 Å². The maximum atomic E-state index is 13.3. The average molecular weight is 422 g/mol. The normalized spacial score (nSPS) is 10.8. The predicted octanol–water partition coefficient (Wildman–Crippen LogP) is 3.53. The highest BCUT2D eigenvalue weighted by atomic mass is 32.1. The van der Waals surface area contributed by atoms with E-state index in [-0.39, 0.29) is 11.6 Å². The Hall–Kier alpha value is -3.59. The van der Waals surface area contributed by atoms with Gasteiger partial charge in [0.1, 0.15) is 11.6 Å². The lowest BCUT2D eigenvalue weighted by molar-refractivity contribution is 0.0940. The van der Waals surface area contributed by atoms with Gasteiger partial charge in [-0.1, -0.05) is 12.1 Å². The van der Waals surface area contributed by atoms with Crippen molar-refractivity contribution in [3.63, 3.8) is 0 Å². The first-order valence-corrected chi connectivity index (χ1v) is 10.1. The summed E-state index contributed by atoms with van der Waals surface area (Å²) in [6.07, 6.45) is 1.71. The van der Waals surface area contributed by atoms with Gasteiger partial charge >= 0.3 is 0 Å². The van der Waals surface area contributed by atoms with Gasteiger partial charge in [-0.25, -0.2) is 19.0 Å². The van der Waals surface area contributed by atoms with Crippen molar-refractivity contribution >= 4 is 23.1 Å². The van der Waals surface area contributed by atoms with Gasteiger partial charge in [-0.2, -0.15) is 0 Å². The first-order valence-electron chi connectivity index (χ1n) is 9.19. The highest BCUT2D eigenvalue weighted by Gasteiger charge is 2.20. The number of amides is 1. The van der Waals surface area contributed by atoms with Gasteiger partial charge in [0.15, 0.2) is 5.82 Å². The van der Waals surface area contributed by atoms with Crippen LogP contribution < -0.4 is 10.2 Å². The molecular weight excluding hydrogens is 403 g/mol. The number of rotatable bonds is 6. The van der Waals surface area contributed by atoms with Crippen molar-refractivity contribution < 1.29 is 9.18 Å². The lowest BCUT2D eigenvalue weighted by Crippen LogP contribution is -2.25. The second-order valence-electron chi connectivity index (χ2n) is 6.69. The molecule has 9 heteroatoms. The summed E-state index contributed by atoms with van der Waals surface area (Å²) in [6.45, 7) is 0.291. The largest absolute Gasteiger partial charge is 0.362 e. The van der Waals surface area contributed by atoms with Gasteiger partial charge in [0.2, 0.25) is 5.82 Å². The summed E-state index contributed by atoms with van der Waals surface area (Å²) in [5, 5.41) is 9.16. The molecule has 0 aliphatic rings. The van der Waals surface area contributed by atoms with Crippen molar-refractivity contribution in [1.82, 2.24) is 25.1 Å². The summed E-state index contributed by atoms with van der Waals surface area (Å²) in [6, 6.07) is 13.4. The van der Waals surface area contributed by atoms with E-state index in [1.54, 1.807) is 23.0 Å². The molecule has 1 amide bonds. The second kappa shape index (κ2) is 8.42. The number of benzene rings is 1. The Balaban J connectivity index is 1.62. The molecule has 152 valence electrons. The van der Waals surface area contributed by atoms with Crippen LogP contribution in [-0.2, 0) is 6.54 Å². The molecule has 0 saturated heterocycles. The minimum absolute atomic E-state index is 0.0398. The lowest BCUT2D eigenvalue weighted by Gasteiger charge is -2.15. The number of hydrogen-bond acceptors (Lipinski definition) is 6. The third-order valence-electron chi connectivity index (χ3n) is 4.35. The van der Waals surface area contributed by atoms with Crippen LogP contribution in [0.4, 0.5) is 10.2 Å². The zero-order chi connectivity index (χ0) is 21.1. The van der Waals surface area contributed by atoms with E-state index in [2.05, 4.69) is 20.4 Å². The number of halogens is 1. The molecule has 4 rings (SSSR count). The van der Waals surface area contributed by atoms with E-state index >= 15 is 0 Å². The summed E-state index contributed by atoms with van der Waals surface area (Å²) in [4.78, 5) is 24.3. The Morgan fingerprint density at radius 2 is 1.97 bits per heavy atom. The van der Waals surface area contributed by atoms with Gasteiger partial charge in [0, 0.05) is 32.4 Å². The number of pyridine rings is 1. The zero-order valence-corrected chi connectivity index (χ0v) is 17.2. The van der Waals surface area contributed by atoms with E-state index in [9.17, 15) is 9.18 Å². The van der Waals surface area contributed by atoms with Crippen molar-refractivity contribution in [2.24, 2.45) is 0 Å². The van der Waals surface area contributed by atoms with Gasteiger partial charge in [0.05, 0.1) is 10.6 Å². The minimum atomic E-state index is -0.401. The highest BCUT2D eigenvalue weighted by Crippen LogP contribution is 2.25. The second-order valence-corrected chi connectivity index (χ2v) is 7.64. The van der Waals surface area contributed by atoms with Crippen LogP contribution in [0.15, 0.2) is 60.1 Å². The molecule has 0 aliphatic heterocycles. The summed E-state index contributed by atoms with van der Waals surface area (Å²) in [5.41, 5.74) is 1.50. The summed E-state index contributed by atoms with van der Waals surface area (Å²) < 4.78 is 14.9. The first kappa shape index (κ1) is 19.7. The van der Waals surface area contributed by atoms with Crippen LogP contribution >= 0.6 is 11.3 Å². The number of aromatic nitrogens is 4. The van der Waals surface area contributed by atoms with E-state index in [0.717, 1.165) is 16.3 Å². The SMILES string of the molecule is CN(C)c1ncccc1CNC(=O)c1nc(-c2cccs2)n(-c2ccc(F)cc2)n1. The van der Waals surface area contributed by atoms with Crippen molar-refractivity contribution in [2.75, 3.05) is 19.0 Å². The first-order chi connectivity index (χ1) is 14.5.